The summed E-state index contributed by atoms with van der Waals surface area (Å²) in [6, 6.07) is 0. The van der Waals surface area contributed by atoms with Gasteiger partial charge in [-0.2, -0.15) is 8.42 Å². The number of carboxylic acid groups (broad SMARTS) is 1. The second kappa shape index (κ2) is 8.49. The van der Waals surface area contributed by atoms with Crippen LogP contribution < -0.4 is 34.7 Å². The van der Waals surface area contributed by atoms with E-state index in [1.165, 1.54) is 12.2 Å². The Morgan fingerprint density at radius 3 is 1.95 bits per heavy atom. The minimum atomic E-state index is -5.01. The number of allylic oxidation sites excluding steroid dienone is 2. The topological polar surface area (TPSA) is 121 Å². The van der Waals surface area contributed by atoms with Crippen molar-refractivity contribution in [3.63, 3.8) is 0 Å². The Bertz CT molecular complexity index is 444. The van der Waals surface area contributed by atoms with Gasteiger partial charge >= 0.3 is 45.9 Å². The molecule has 0 radical (unpaired) electrons. The first kappa shape index (κ1) is 20.6. The Balaban J connectivity index is 0. The number of rotatable bonds is 8. The summed E-state index contributed by atoms with van der Waals surface area (Å²) in [5, 5.41) is 10.6. The summed E-state index contributed by atoms with van der Waals surface area (Å²) < 4.78 is 33.2. The van der Waals surface area contributed by atoms with Crippen LogP contribution >= 0.6 is 0 Å². The van der Waals surface area contributed by atoms with Crippen LogP contribution in [0.3, 0.4) is 0 Å². The molecular weight excluding hydrogens is 287 g/mol. The molecule has 0 aromatic heterocycles. The summed E-state index contributed by atoms with van der Waals surface area (Å²) in [5.41, 5.74) is -1.71. The Morgan fingerprint density at radius 1 is 1.26 bits per heavy atom. The standard InChI is InChI=1S/C10H14O7S.Na/c1-3-5-10(6-4-2,7-8(11)12)9(13)17-18(14,15)16;/h3-4H,1-2,5-7H2,(H,11,12)(H,14,15,16);/q;+1/p-1. The van der Waals surface area contributed by atoms with Crippen LogP contribution in [-0.2, 0) is 24.2 Å². The van der Waals surface area contributed by atoms with Crippen LogP contribution in [-0.4, -0.2) is 24.9 Å². The van der Waals surface area contributed by atoms with E-state index in [2.05, 4.69) is 17.3 Å². The van der Waals surface area contributed by atoms with E-state index >= 15 is 0 Å². The van der Waals surface area contributed by atoms with Crippen molar-refractivity contribution in [2.75, 3.05) is 0 Å². The summed E-state index contributed by atoms with van der Waals surface area (Å²) in [7, 11) is -5.01. The zero-order chi connectivity index (χ0) is 14.4. The maximum Gasteiger partial charge on any atom is 1.00 e. The van der Waals surface area contributed by atoms with Gasteiger partial charge in [-0.15, -0.1) is 13.2 Å². The molecule has 0 spiro atoms. The van der Waals surface area contributed by atoms with E-state index in [1.54, 1.807) is 0 Å². The fourth-order valence-electron chi connectivity index (χ4n) is 1.48. The van der Waals surface area contributed by atoms with Crippen LogP contribution in [0.25, 0.3) is 0 Å². The quantitative estimate of drug-likeness (QED) is 0.282. The van der Waals surface area contributed by atoms with Gasteiger partial charge in [0.05, 0.1) is 5.41 Å². The van der Waals surface area contributed by atoms with Gasteiger partial charge in [0.15, 0.2) is 0 Å². The largest absolute Gasteiger partial charge is 1.00 e. The Hall–Kier alpha value is -0.670. The van der Waals surface area contributed by atoms with Crippen LogP contribution in [0.15, 0.2) is 25.3 Å². The molecule has 102 valence electrons. The summed E-state index contributed by atoms with van der Waals surface area (Å²) in [5.74, 6) is -2.96. The van der Waals surface area contributed by atoms with E-state index in [0.29, 0.717) is 0 Å². The van der Waals surface area contributed by atoms with Crippen molar-refractivity contribution in [3.05, 3.63) is 25.3 Å². The van der Waals surface area contributed by atoms with Gasteiger partial charge in [-0.25, -0.2) is 0 Å². The zero-order valence-electron chi connectivity index (χ0n) is 10.5. The Kier molecular flexibility index (Phi) is 9.23. The van der Waals surface area contributed by atoms with Crippen molar-refractivity contribution in [2.24, 2.45) is 5.41 Å². The molecule has 0 rings (SSSR count). The van der Waals surface area contributed by atoms with Crippen molar-refractivity contribution in [2.45, 2.75) is 19.3 Å². The minimum Gasteiger partial charge on any atom is -0.550 e. The maximum atomic E-state index is 11.6. The molecule has 19 heavy (non-hydrogen) atoms. The van der Waals surface area contributed by atoms with Crippen molar-refractivity contribution in [1.29, 1.82) is 0 Å². The van der Waals surface area contributed by atoms with Crippen LogP contribution in [0.4, 0.5) is 0 Å². The molecule has 0 aliphatic carbocycles. The molecule has 9 heteroatoms. The molecule has 0 amide bonds. The van der Waals surface area contributed by atoms with Crippen LogP contribution in [0.2, 0.25) is 0 Å². The monoisotopic (exact) mass is 300 g/mol. The van der Waals surface area contributed by atoms with Crippen molar-refractivity contribution in [3.8, 4) is 0 Å². The fraction of sp³-hybridized carbons (Fsp3) is 0.400. The van der Waals surface area contributed by atoms with Gasteiger partial charge < -0.3 is 14.1 Å². The molecule has 0 bridgehead atoms. The van der Waals surface area contributed by atoms with E-state index < -0.39 is 34.2 Å². The van der Waals surface area contributed by atoms with Crippen LogP contribution in [0.1, 0.15) is 19.3 Å². The van der Waals surface area contributed by atoms with Gasteiger partial charge in [-0.1, -0.05) is 12.2 Å². The smallest absolute Gasteiger partial charge is 0.550 e. The number of carbonyl (C=O) groups is 2. The number of hydrogen-bond donors (Lipinski definition) is 1. The molecule has 0 unspecified atom stereocenters. The van der Waals surface area contributed by atoms with E-state index in [1.807, 2.05) is 0 Å². The molecule has 0 aliphatic rings. The van der Waals surface area contributed by atoms with Crippen molar-refractivity contribution >= 4 is 22.3 Å². The third-order valence-corrected chi connectivity index (χ3v) is 2.53. The molecule has 0 saturated carbocycles. The predicted octanol–water partition coefficient (Wildman–Crippen LogP) is -3.38. The van der Waals surface area contributed by atoms with E-state index in [-0.39, 0.29) is 42.4 Å². The average molecular weight is 300 g/mol. The number of carbonyl (C=O) groups excluding carboxylic acids is 2. The van der Waals surface area contributed by atoms with Gasteiger partial charge in [0.2, 0.25) is 0 Å². The summed E-state index contributed by atoms with van der Waals surface area (Å²) in [6.45, 7) is 6.69. The van der Waals surface area contributed by atoms with Crippen LogP contribution in [0, 0.1) is 5.41 Å². The minimum absolute atomic E-state index is 0. The van der Waals surface area contributed by atoms with Gasteiger partial charge in [0.1, 0.15) is 0 Å². The number of hydrogen-bond acceptors (Lipinski definition) is 6. The normalized spacial score (nSPS) is 11.0. The fourth-order valence-corrected chi connectivity index (χ4v) is 1.85. The molecule has 0 aromatic carbocycles. The first-order chi connectivity index (χ1) is 8.17. The molecule has 0 aliphatic heterocycles. The van der Waals surface area contributed by atoms with Crippen LogP contribution in [0.5, 0.6) is 0 Å². The zero-order valence-corrected chi connectivity index (χ0v) is 13.3. The molecule has 0 aromatic rings. The Morgan fingerprint density at radius 2 is 1.68 bits per heavy atom. The molecule has 0 saturated heterocycles. The third-order valence-electron chi connectivity index (χ3n) is 2.17. The van der Waals surface area contributed by atoms with Gasteiger partial charge in [-0.05, 0) is 12.8 Å². The first-order valence-corrected chi connectivity index (χ1v) is 6.16. The van der Waals surface area contributed by atoms with E-state index in [0.717, 1.165) is 0 Å². The van der Waals surface area contributed by atoms with Gasteiger partial charge in [0, 0.05) is 12.4 Å². The third kappa shape index (κ3) is 7.48. The molecule has 0 fully saturated rings. The molecule has 0 heterocycles. The average Bonchev–Trinajstić information content (AvgIpc) is 2.14. The SMILES string of the molecule is C=CCC(CC=C)(CC(=O)[O-])C(=O)OS(=O)(=O)O.[Na+]. The summed E-state index contributed by atoms with van der Waals surface area (Å²) in [4.78, 5) is 22.3. The first-order valence-electron chi connectivity index (χ1n) is 4.80. The van der Waals surface area contributed by atoms with E-state index in [4.69, 9.17) is 4.55 Å². The van der Waals surface area contributed by atoms with Crippen molar-refractivity contribution in [1.82, 2.24) is 0 Å². The van der Waals surface area contributed by atoms with Gasteiger partial charge in [0.25, 0.3) is 0 Å². The predicted molar refractivity (Wildman–Crippen MR) is 59.3 cm³/mol. The molecule has 1 N–H and O–H groups in total. The summed E-state index contributed by atoms with van der Waals surface area (Å²) >= 11 is 0. The van der Waals surface area contributed by atoms with E-state index in [9.17, 15) is 23.1 Å². The molecule has 7 nitrogen and oxygen atoms in total. The second-order valence-corrected chi connectivity index (χ2v) is 4.64. The molecule has 0 atom stereocenters. The number of carboxylic acids is 1. The maximum absolute atomic E-state index is 11.6. The molecular formula is C10H13NaO7S. The second-order valence-electron chi connectivity index (χ2n) is 3.61. The van der Waals surface area contributed by atoms with Crippen molar-refractivity contribution < 1.29 is 61.4 Å². The Labute approximate surface area is 133 Å². The number of aliphatic carboxylic acids is 1. The van der Waals surface area contributed by atoms with Gasteiger partial charge in [-0.3, -0.25) is 9.35 Å². The summed E-state index contributed by atoms with van der Waals surface area (Å²) in [6.07, 6.45) is 1.36.